The van der Waals surface area contributed by atoms with Gasteiger partial charge in [0.1, 0.15) is 35.8 Å². The molecule has 2 aromatic heterocycles. The number of hydrogen-bond donors (Lipinski definition) is 2. The summed E-state index contributed by atoms with van der Waals surface area (Å²) in [7, 11) is 0. The Morgan fingerprint density at radius 3 is 2.79 bits per heavy atom. The van der Waals surface area contributed by atoms with Gasteiger partial charge in [0, 0.05) is 11.3 Å². The first-order valence-corrected chi connectivity index (χ1v) is 9.12. The Morgan fingerprint density at radius 2 is 2.00 bits per heavy atom. The van der Waals surface area contributed by atoms with E-state index in [4.69, 9.17) is 19.9 Å². The summed E-state index contributed by atoms with van der Waals surface area (Å²) in [6.45, 7) is 3.54. The molecule has 4 atom stereocenters. The molecule has 9 heteroatoms. The Balaban J connectivity index is 1.58. The van der Waals surface area contributed by atoms with E-state index in [1.807, 2.05) is 42.7 Å². The van der Waals surface area contributed by atoms with E-state index < -0.39 is 18.1 Å². The maximum atomic E-state index is 9.71. The van der Waals surface area contributed by atoms with Gasteiger partial charge in [-0.25, -0.2) is 15.0 Å². The highest BCUT2D eigenvalue weighted by molar-refractivity contribution is 5.87. The van der Waals surface area contributed by atoms with Crippen LogP contribution in [0.4, 0.5) is 5.69 Å². The molecular weight excluding hydrogens is 362 g/mol. The van der Waals surface area contributed by atoms with Crippen molar-refractivity contribution in [2.75, 3.05) is 12.3 Å². The lowest BCUT2D eigenvalue weighted by Gasteiger charge is -2.24. The predicted octanol–water partition coefficient (Wildman–Crippen LogP) is 1.49. The van der Waals surface area contributed by atoms with Crippen LogP contribution in [0.3, 0.4) is 0 Å². The van der Waals surface area contributed by atoms with E-state index in [1.54, 1.807) is 6.33 Å². The SMILES string of the molecule is CC1(C)O[C@@H]2[C@H](O1)[C@@H](CO)O[C@H]2n1cnc2c(-c3cccc(N)c3)ncnc21. The summed E-state index contributed by atoms with van der Waals surface area (Å²) in [5.74, 6) is -0.747. The van der Waals surface area contributed by atoms with E-state index in [1.165, 1.54) is 6.33 Å². The Kier molecular flexibility index (Phi) is 3.88. The fraction of sp³-hybridized carbons (Fsp3) is 0.421. The number of hydrogen-bond acceptors (Lipinski definition) is 8. The number of aromatic nitrogens is 4. The zero-order valence-electron chi connectivity index (χ0n) is 15.5. The molecule has 2 aliphatic rings. The van der Waals surface area contributed by atoms with Gasteiger partial charge in [-0.2, -0.15) is 0 Å². The normalized spacial score (nSPS) is 28.7. The number of nitrogens with two attached hydrogens (primary N) is 1. The second-order valence-corrected chi connectivity index (χ2v) is 7.48. The molecule has 3 N–H and O–H groups in total. The second-order valence-electron chi connectivity index (χ2n) is 7.48. The first-order chi connectivity index (χ1) is 13.5. The Hall–Kier alpha value is -2.59. The van der Waals surface area contributed by atoms with E-state index in [-0.39, 0.29) is 18.8 Å². The zero-order valence-corrected chi connectivity index (χ0v) is 15.5. The van der Waals surface area contributed by atoms with Crippen LogP contribution >= 0.6 is 0 Å². The fourth-order valence-electron chi connectivity index (χ4n) is 3.97. The lowest BCUT2D eigenvalue weighted by atomic mass is 10.1. The average Bonchev–Trinajstić information content (AvgIpc) is 3.31. The minimum absolute atomic E-state index is 0.159. The molecule has 2 aliphatic heterocycles. The van der Waals surface area contributed by atoms with Gasteiger partial charge in [0.05, 0.1) is 12.9 Å². The van der Waals surface area contributed by atoms with Crippen molar-refractivity contribution in [2.24, 2.45) is 0 Å². The van der Waals surface area contributed by atoms with Crippen LogP contribution in [0.1, 0.15) is 20.1 Å². The highest BCUT2D eigenvalue weighted by atomic mass is 16.8. The summed E-state index contributed by atoms with van der Waals surface area (Å²) < 4.78 is 19.8. The Morgan fingerprint density at radius 1 is 1.18 bits per heavy atom. The molecule has 5 rings (SSSR count). The number of rotatable bonds is 3. The molecule has 146 valence electrons. The Bertz CT molecular complexity index is 1040. The largest absolute Gasteiger partial charge is 0.399 e. The van der Waals surface area contributed by atoms with Crippen LogP contribution in [0.25, 0.3) is 22.4 Å². The third-order valence-corrected chi connectivity index (χ3v) is 5.10. The molecule has 4 heterocycles. The van der Waals surface area contributed by atoms with Gasteiger partial charge in [0.25, 0.3) is 0 Å². The van der Waals surface area contributed by atoms with Gasteiger partial charge < -0.3 is 25.1 Å². The Labute approximate surface area is 161 Å². The molecule has 0 bridgehead atoms. The van der Waals surface area contributed by atoms with Gasteiger partial charge in [-0.05, 0) is 26.0 Å². The number of anilines is 1. The van der Waals surface area contributed by atoms with Gasteiger partial charge >= 0.3 is 0 Å². The van der Waals surface area contributed by atoms with Gasteiger partial charge in [-0.15, -0.1) is 0 Å². The van der Waals surface area contributed by atoms with E-state index in [0.29, 0.717) is 22.5 Å². The molecule has 0 radical (unpaired) electrons. The number of imidazole rings is 1. The van der Waals surface area contributed by atoms with E-state index in [0.717, 1.165) is 5.56 Å². The van der Waals surface area contributed by atoms with Crippen molar-refractivity contribution >= 4 is 16.9 Å². The van der Waals surface area contributed by atoms with Crippen molar-refractivity contribution in [3.63, 3.8) is 0 Å². The average molecular weight is 383 g/mol. The zero-order chi connectivity index (χ0) is 19.5. The molecule has 28 heavy (non-hydrogen) atoms. The van der Waals surface area contributed by atoms with Gasteiger partial charge in [0.15, 0.2) is 17.7 Å². The molecule has 1 aromatic carbocycles. The minimum atomic E-state index is -0.747. The maximum Gasteiger partial charge on any atom is 0.166 e. The molecular formula is C19H21N5O4. The van der Waals surface area contributed by atoms with E-state index >= 15 is 0 Å². The van der Waals surface area contributed by atoms with E-state index in [2.05, 4.69) is 15.0 Å². The van der Waals surface area contributed by atoms with Crippen molar-refractivity contribution in [1.29, 1.82) is 0 Å². The summed E-state index contributed by atoms with van der Waals surface area (Å²) in [6.07, 6.45) is 1.41. The summed E-state index contributed by atoms with van der Waals surface area (Å²) >= 11 is 0. The third-order valence-electron chi connectivity index (χ3n) is 5.10. The fourth-order valence-corrected chi connectivity index (χ4v) is 3.97. The van der Waals surface area contributed by atoms with Crippen LogP contribution in [0, 0.1) is 0 Å². The van der Waals surface area contributed by atoms with E-state index in [9.17, 15) is 5.11 Å². The monoisotopic (exact) mass is 383 g/mol. The number of fused-ring (bicyclic) bond motifs is 2. The number of aliphatic hydroxyl groups is 1. The number of nitrogen functional groups attached to an aromatic ring is 1. The smallest absolute Gasteiger partial charge is 0.166 e. The number of benzene rings is 1. The summed E-state index contributed by atoms with van der Waals surface area (Å²) in [5, 5.41) is 9.71. The van der Waals surface area contributed by atoms with Crippen LogP contribution in [-0.4, -0.2) is 55.3 Å². The standard InChI is InChI=1S/C19H21N5O4/c1-19(2)27-15-12(7-25)26-18(16(15)28-19)24-9-23-14-13(21-8-22-17(14)24)10-4-3-5-11(20)6-10/h3-6,8-9,12,15-16,18,25H,7,20H2,1-2H3/t12-,15-,16-,18-/m1/s1. The lowest BCUT2D eigenvalue weighted by Crippen LogP contribution is -2.31. The van der Waals surface area contributed by atoms with Crippen LogP contribution in [-0.2, 0) is 14.2 Å². The van der Waals surface area contributed by atoms with Crippen molar-refractivity contribution in [3.05, 3.63) is 36.9 Å². The highest BCUT2D eigenvalue weighted by Gasteiger charge is 2.55. The lowest BCUT2D eigenvalue weighted by molar-refractivity contribution is -0.199. The first-order valence-electron chi connectivity index (χ1n) is 9.12. The first kappa shape index (κ1) is 17.5. The van der Waals surface area contributed by atoms with Gasteiger partial charge in [-0.3, -0.25) is 4.57 Å². The van der Waals surface area contributed by atoms with Crippen LogP contribution in [0.5, 0.6) is 0 Å². The molecule has 0 aliphatic carbocycles. The topological polar surface area (TPSA) is 118 Å². The van der Waals surface area contributed by atoms with Crippen molar-refractivity contribution in [1.82, 2.24) is 19.5 Å². The molecule has 0 unspecified atom stereocenters. The van der Waals surface area contributed by atoms with Crippen molar-refractivity contribution < 1.29 is 19.3 Å². The number of aliphatic hydroxyl groups excluding tert-OH is 1. The highest BCUT2D eigenvalue weighted by Crippen LogP contribution is 2.43. The van der Waals surface area contributed by atoms with Crippen molar-refractivity contribution in [2.45, 2.75) is 44.2 Å². The molecule has 0 spiro atoms. The van der Waals surface area contributed by atoms with Crippen LogP contribution in [0.15, 0.2) is 36.9 Å². The second kappa shape index (κ2) is 6.21. The predicted molar refractivity (Wildman–Crippen MR) is 100.0 cm³/mol. The number of nitrogens with zero attached hydrogens (tertiary/aromatic N) is 4. The quantitative estimate of drug-likeness (QED) is 0.653. The summed E-state index contributed by atoms with van der Waals surface area (Å²) in [4.78, 5) is 13.3. The van der Waals surface area contributed by atoms with Crippen LogP contribution < -0.4 is 5.73 Å². The minimum Gasteiger partial charge on any atom is -0.399 e. The van der Waals surface area contributed by atoms with Gasteiger partial charge in [-0.1, -0.05) is 12.1 Å². The van der Waals surface area contributed by atoms with Crippen molar-refractivity contribution in [3.8, 4) is 11.3 Å². The maximum absolute atomic E-state index is 9.71. The number of ether oxygens (including phenoxy) is 3. The summed E-state index contributed by atoms with van der Waals surface area (Å²) in [5.41, 5.74) is 9.36. The molecule has 0 amide bonds. The molecule has 3 aromatic rings. The van der Waals surface area contributed by atoms with Gasteiger partial charge in [0.2, 0.25) is 0 Å². The molecule has 2 saturated heterocycles. The molecule has 2 fully saturated rings. The molecule has 0 saturated carbocycles. The van der Waals surface area contributed by atoms with Crippen LogP contribution in [0.2, 0.25) is 0 Å². The summed E-state index contributed by atoms with van der Waals surface area (Å²) in [6, 6.07) is 7.47. The molecule has 9 nitrogen and oxygen atoms in total. The third kappa shape index (κ3) is 2.67.